The van der Waals surface area contributed by atoms with Gasteiger partial charge < -0.3 is 14.5 Å². The Balaban J connectivity index is 1.91. The molecule has 1 atom stereocenters. The molecule has 1 N–H and O–H groups in total. The lowest BCUT2D eigenvalue weighted by Crippen LogP contribution is -2.25. The summed E-state index contributed by atoms with van der Waals surface area (Å²) >= 11 is 3.53. The molecular weight excluding hydrogens is 390 g/mol. The molecule has 0 aliphatic carbocycles. The molecule has 0 saturated heterocycles. The fourth-order valence-corrected chi connectivity index (χ4v) is 3.84. The predicted octanol–water partition coefficient (Wildman–Crippen LogP) is 5.60. The van der Waals surface area contributed by atoms with E-state index < -0.39 is 5.41 Å². The summed E-state index contributed by atoms with van der Waals surface area (Å²) < 4.78 is 6.28. The van der Waals surface area contributed by atoms with Crippen LogP contribution in [0.5, 0.6) is 5.75 Å². The van der Waals surface area contributed by atoms with Crippen molar-refractivity contribution in [3.63, 3.8) is 0 Å². The number of fused-ring (bicyclic) bond motifs is 2. The Hall–Kier alpha value is -2.59. The molecule has 3 aromatic carbocycles. The topological polar surface area (TPSA) is 42.1 Å². The number of hydrogen-bond acceptors (Lipinski definition) is 2. The van der Waals surface area contributed by atoms with E-state index in [2.05, 4.69) is 33.0 Å². The molecule has 0 fully saturated rings. The van der Waals surface area contributed by atoms with Crippen LogP contribution in [0.4, 0.5) is 0 Å². The number of halogens is 1. The molecule has 4 aromatic rings. The van der Waals surface area contributed by atoms with Gasteiger partial charge in [0.25, 0.3) is 0 Å². The highest BCUT2D eigenvalue weighted by molar-refractivity contribution is 9.10. The first-order valence-corrected chi connectivity index (χ1v) is 9.16. The van der Waals surface area contributed by atoms with Crippen LogP contribution in [0.25, 0.3) is 21.7 Å². The maximum atomic E-state index is 12.2. The van der Waals surface area contributed by atoms with Crippen LogP contribution in [-0.4, -0.2) is 18.4 Å². The highest BCUT2D eigenvalue weighted by Crippen LogP contribution is 2.37. The van der Waals surface area contributed by atoms with Gasteiger partial charge in [-0.25, -0.2) is 0 Å². The van der Waals surface area contributed by atoms with E-state index >= 15 is 0 Å². The first kappa shape index (κ1) is 16.9. The Morgan fingerprint density at radius 3 is 2.58 bits per heavy atom. The quantitative estimate of drug-likeness (QED) is 0.447. The van der Waals surface area contributed by atoms with Crippen LogP contribution in [0.15, 0.2) is 65.3 Å². The summed E-state index contributed by atoms with van der Waals surface area (Å²) in [4.78, 5) is 15.5. The maximum absolute atomic E-state index is 12.2. The number of hydrogen-bond donors (Lipinski definition) is 1. The first-order valence-electron chi connectivity index (χ1n) is 8.37. The largest absolute Gasteiger partial charge is 0.497 e. The van der Waals surface area contributed by atoms with Crippen molar-refractivity contribution in [2.45, 2.75) is 12.3 Å². The van der Waals surface area contributed by atoms with E-state index in [4.69, 9.17) is 4.74 Å². The summed E-state index contributed by atoms with van der Waals surface area (Å²) in [6, 6.07) is 18.2. The highest BCUT2D eigenvalue weighted by Gasteiger charge is 2.31. The number of aromatic nitrogens is 1. The lowest BCUT2D eigenvalue weighted by Gasteiger charge is -2.24. The number of aromatic amines is 1. The first-order chi connectivity index (χ1) is 12.5. The molecule has 0 aliphatic heterocycles. The fourth-order valence-electron chi connectivity index (χ4n) is 3.48. The van der Waals surface area contributed by atoms with Gasteiger partial charge >= 0.3 is 0 Å². The van der Waals surface area contributed by atoms with Crippen LogP contribution in [0.1, 0.15) is 18.1 Å². The number of carbonyl (C=O) groups excluding carboxylic acids is 1. The van der Waals surface area contributed by atoms with Gasteiger partial charge in [0.2, 0.25) is 0 Å². The Bertz CT molecular complexity index is 1130. The third-order valence-corrected chi connectivity index (χ3v) is 5.58. The van der Waals surface area contributed by atoms with Gasteiger partial charge in [-0.1, -0.05) is 34.1 Å². The zero-order valence-electron chi connectivity index (χ0n) is 14.5. The number of benzene rings is 3. The molecule has 0 bridgehead atoms. The molecule has 26 heavy (non-hydrogen) atoms. The molecule has 1 aromatic heterocycles. The van der Waals surface area contributed by atoms with E-state index in [0.29, 0.717) is 0 Å². The van der Waals surface area contributed by atoms with Crippen LogP contribution >= 0.6 is 15.9 Å². The molecule has 3 nitrogen and oxygen atoms in total. The smallest absolute Gasteiger partial charge is 0.134 e. The Kier molecular flexibility index (Phi) is 4.08. The average molecular weight is 408 g/mol. The second-order valence-electron chi connectivity index (χ2n) is 6.64. The molecule has 0 aliphatic rings. The Morgan fingerprint density at radius 2 is 1.81 bits per heavy atom. The normalized spacial score (nSPS) is 13.7. The van der Waals surface area contributed by atoms with E-state index in [1.54, 1.807) is 7.11 Å². The molecule has 0 unspecified atom stereocenters. The molecule has 4 rings (SSSR count). The lowest BCUT2D eigenvalue weighted by atomic mass is 9.77. The number of rotatable bonds is 4. The second-order valence-corrected chi connectivity index (χ2v) is 7.56. The molecule has 4 heteroatoms. The number of carbonyl (C=O) groups is 1. The van der Waals surface area contributed by atoms with E-state index in [-0.39, 0.29) is 0 Å². The summed E-state index contributed by atoms with van der Waals surface area (Å²) in [5, 5.41) is 3.21. The standard InChI is InChI=1S/C22H18BrNO2/c1-22(13-25,20-12-24-21-8-6-17(23)11-19(20)21)16-5-3-15-10-18(26-2)7-4-14(15)9-16/h3-13,24H,1-2H3/t22-/m0/s1. The van der Waals surface area contributed by atoms with Crippen LogP contribution in [0.3, 0.4) is 0 Å². The van der Waals surface area contributed by atoms with Crippen molar-refractivity contribution in [2.24, 2.45) is 0 Å². The number of H-pyrrole nitrogens is 1. The molecule has 0 spiro atoms. The SMILES string of the molecule is COc1ccc2cc([C@](C)(C=O)c3c[nH]c4ccc(Br)cc34)ccc2c1. The Labute approximate surface area is 160 Å². The molecule has 0 radical (unpaired) electrons. The zero-order chi connectivity index (χ0) is 18.3. The average Bonchev–Trinajstić information content (AvgIpc) is 3.10. The summed E-state index contributed by atoms with van der Waals surface area (Å²) in [7, 11) is 1.66. The van der Waals surface area contributed by atoms with Gasteiger partial charge in [0, 0.05) is 21.6 Å². The highest BCUT2D eigenvalue weighted by atomic mass is 79.9. The van der Waals surface area contributed by atoms with Crippen molar-refractivity contribution in [1.29, 1.82) is 0 Å². The van der Waals surface area contributed by atoms with Gasteiger partial charge in [-0.05, 0) is 65.2 Å². The van der Waals surface area contributed by atoms with Gasteiger partial charge in [-0.15, -0.1) is 0 Å². The molecule has 1 heterocycles. The summed E-state index contributed by atoms with van der Waals surface area (Å²) in [5.41, 5.74) is 2.21. The predicted molar refractivity (Wildman–Crippen MR) is 109 cm³/mol. The van der Waals surface area contributed by atoms with Crippen molar-refractivity contribution in [1.82, 2.24) is 4.98 Å². The zero-order valence-corrected chi connectivity index (χ0v) is 16.1. The minimum atomic E-state index is -0.743. The molecule has 130 valence electrons. The maximum Gasteiger partial charge on any atom is 0.134 e. The van der Waals surface area contributed by atoms with Crippen LogP contribution in [0.2, 0.25) is 0 Å². The van der Waals surface area contributed by atoms with Gasteiger partial charge in [-0.2, -0.15) is 0 Å². The van der Waals surface area contributed by atoms with Crippen molar-refractivity contribution < 1.29 is 9.53 Å². The minimum Gasteiger partial charge on any atom is -0.497 e. The number of aldehydes is 1. The third-order valence-electron chi connectivity index (χ3n) is 5.09. The van der Waals surface area contributed by atoms with E-state index in [0.717, 1.165) is 49.3 Å². The minimum absolute atomic E-state index is 0.743. The lowest BCUT2D eigenvalue weighted by molar-refractivity contribution is -0.110. The Morgan fingerprint density at radius 1 is 1.04 bits per heavy atom. The fraction of sp³-hybridized carbons (Fsp3) is 0.136. The number of methoxy groups -OCH3 is 1. The monoisotopic (exact) mass is 407 g/mol. The summed E-state index contributed by atoms with van der Waals surface area (Å²) in [5.74, 6) is 0.824. The van der Waals surface area contributed by atoms with Gasteiger partial charge in [0.15, 0.2) is 0 Å². The number of ether oxygens (including phenoxy) is 1. The number of nitrogens with one attached hydrogen (secondary N) is 1. The second kappa shape index (κ2) is 6.29. The van der Waals surface area contributed by atoms with Gasteiger partial charge in [0.1, 0.15) is 12.0 Å². The summed E-state index contributed by atoms with van der Waals surface area (Å²) in [6.07, 6.45) is 2.96. The van der Waals surface area contributed by atoms with Crippen LogP contribution < -0.4 is 4.74 Å². The molecule has 0 saturated carbocycles. The van der Waals surface area contributed by atoms with Crippen LogP contribution in [-0.2, 0) is 10.2 Å². The third kappa shape index (κ3) is 2.61. The van der Waals surface area contributed by atoms with Crippen LogP contribution in [0, 0.1) is 0 Å². The van der Waals surface area contributed by atoms with E-state index in [1.807, 2.05) is 55.6 Å². The van der Waals surface area contributed by atoms with E-state index in [9.17, 15) is 4.79 Å². The van der Waals surface area contributed by atoms with Crippen molar-refractivity contribution >= 4 is 43.9 Å². The van der Waals surface area contributed by atoms with Crippen molar-refractivity contribution in [3.8, 4) is 5.75 Å². The molecule has 0 amide bonds. The van der Waals surface area contributed by atoms with Crippen molar-refractivity contribution in [2.75, 3.05) is 7.11 Å². The van der Waals surface area contributed by atoms with Crippen molar-refractivity contribution in [3.05, 3.63) is 76.4 Å². The summed E-state index contributed by atoms with van der Waals surface area (Å²) in [6.45, 7) is 1.97. The van der Waals surface area contributed by atoms with E-state index in [1.165, 1.54) is 0 Å². The van der Waals surface area contributed by atoms with Gasteiger partial charge in [-0.3, -0.25) is 0 Å². The molecular formula is C22H18BrNO2. The van der Waals surface area contributed by atoms with Gasteiger partial charge in [0.05, 0.1) is 12.5 Å².